The number of nitrogens with one attached hydrogen (secondary N) is 1. The number of fused-ring (bicyclic) bond motifs is 2. The SMILES string of the molecule is CCCN(CCC)C1CCC2NC3CCC(=O)CC3SC2C1. The van der Waals surface area contributed by atoms with Crippen molar-refractivity contribution in [2.24, 2.45) is 0 Å². The van der Waals surface area contributed by atoms with Crippen molar-refractivity contribution in [3.63, 3.8) is 0 Å². The van der Waals surface area contributed by atoms with Gasteiger partial charge >= 0.3 is 0 Å². The molecular formula is C18H32N2OS. The molecule has 2 aliphatic carbocycles. The number of carbonyl (C=O) groups excluding carboxylic acids is 1. The Hall–Kier alpha value is -0.0600. The van der Waals surface area contributed by atoms with E-state index in [-0.39, 0.29) is 0 Å². The van der Waals surface area contributed by atoms with Gasteiger partial charge in [-0.2, -0.15) is 11.8 Å². The molecule has 0 aromatic carbocycles. The number of nitrogens with zero attached hydrogens (tertiary/aromatic N) is 1. The average Bonchev–Trinajstić information content (AvgIpc) is 2.52. The van der Waals surface area contributed by atoms with Gasteiger partial charge in [-0.05, 0) is 51.6 Å². The Labute approximate surface area is 140 Å². The molecule has 0 aromatic rings. The van der Waals surface area contributed by atoms with E-state index < -0.39 is 0 Å². The highest BCUT2D eigenvalue weighted by Gasteiger charge is 2.43. The highest BCUT2D eigenvalue weighted by molar-refractivity contribution is 8.00. The molecule has 1 aliphatic heterocycles. The van der Waals surface area contributed by atoms with Crippen LogP contribution in [0.5, 0.6) is 0 Å². The van der Waals surface area contributed by atoms with Crippen molar-refractivity contribution in [2.75, 3.05) is 13.1 Å². The minimum Gasteiger partial charge on any atom is -0.309 e. The zero-order chi connectivity index (χ0) is 15.5. The first-order valence-electron chi connectivity index (χ1n) is 9.38. The van der Waals surface area contributed by atoms with Crippen LogP contribution in [-0.2, 0) is 4.79 Å². The molecule has 0 aromatic heterocycles. The van der Waals surface area contributed by atoms with Crippen LogP contribution in [0, 0.1) is 0 Å². The Bertz CT molecular complexity index is 383. The Balaban J connectivity index is 1.60. The van der Waals surface area contributed by atoms with E-state index in [1.54, 1.807) is 0 Å². The lowest BCUT2D eigenvalue weighted by atomic mass is 9.86. The Morgan fingerprint density at radius 2 is 1.82 bits per heavy atom. The molecule has 1 heterocycles. The van der Waals surface area contributed by atoms with Crippen LogP contribution in [0.1, 0.15) is 65.2 Å². The van der Waals surface area contributed by atoms with Gasteiger partial charge < -0.3 is 10.2 Å². The summed E-state index contributed by atoms with van der Waals surface area (Å²) in [5.74, 6) is 0.486. The summed E-state index contributed by atoms with van der Waals surface area (Å²) < 4.78 is 0. The molecule has 0 bridgehead atoms. The third-order valence-electron chi connectivity index (χ3n) is 5.69. The smallest absolute Gasteiger partial charge is 0.134 e. The summed E-state index contributed by atoms with van der Waals surface area (Å²) in [7, 11) is 0. The first kappa shape index (κ1) is 16.8. The predicted molar refractivity (Wildman–Crippen MR) is 94.5 cm³/mol. The molecule has 0 amide bonds. The van der Waals surface area contributed by atoms with Crippen LogP contribution >= 0.6 is 11.8 Å². The summed E-state index contributed by atoms with van der Waals surface area (Å²) in [6.07, 6.45) is 9.19. The minimum absolute atomic E-state index is 0.486. The maximum Gasteiger partial charge on any atom is 0.134 e. The fourth-order valence-electron chi connectivity index (χ4n) is 4.64. The first-order valence-corrected chi connectivity index (χ1v) is 10.3. The first-order chi connectivity index (χ1) is 10.7. The van der Waals surface area contributed by atoms with E-state index in [9.17, 15) is 4.79 Å². The van der Waals surface area contributed by atoms with Gasteiger partial charge in [0.15, 0.2) is 0 Å². The lowest BCUT2D eigenvalue weighted by molar-refractivity contribution is -0.120. The largest absolute Gasteiger partial charge is 0.309 e. The molecule has 1 N–H and O–H groups in total. The summed E-state index contributed by atoms with van der Waals surface area (Å²) >= 11 is 2.15. The number of Topliss-reactive ketones (excluding diaryl/α,β-unsaturated/α-hetero) is 1. The third-order valence-corrected chi connectivity index (χ3v) is 7.41. The fourth-order valence-corrected chi connectivity index (χ4v) is 6.51. The summed E-state index contributed by atoms with van der Waals surface area (Å²) in [6.45, 7) is 7.09. The molecular weight excluding hydrogens is 292 g/mol. The molecule has 3 aliphatic rings. The normalized spacial score (nSPS) is 38.7. The van der Waals surface area contributed by atoms with Gasteiger partial charge in [0, 0.05) is 41.5 Å². The monoisotopic (exact) mass is 324 g/mol. The van der Waals surface area contributed by atoms with Crippen molar-refractivity contribution in [3.05, 3.63) is 0 Å². The molecule has 5 atom stereocenters. The molecule has 126 valence electrons. The van der Waals surface area contributed by atoms with Crippen molar-refractivity contribution in [2.45, 2.75) is 93.8 Å². The number of thioether (sulfide) groups is 1. The van der Waals surface area contributed by atoms with Crippen molar-refractivity contribution in [1.29, 1.82) is 0 Å². The second kappa shape index (κ2) is 7.67. The van der Waals surface area contributed by atoms with Gasteiger partial charge in [0.2, 0.25) is 0 Å². The van der Waals surface area contributed by atoms with E-state index in [0.29, 0.717) is 23.1 Å². The molecule has 4 heteroatoms. The minimum atomic E-state index is 0.486. The van der Waals surface area contributed by atoms with Gasteiger partial charge in [-0.25, -0.2) is 0 Å². The second-order valence-corrected chi connectivity index (χ2v) is 8.86. The predicted octanol–water partition coefficient (Wildman–Crippen LogP) is 3.22. The number of hydrogen-bond acceptors (Lipinski definition) is 4. The van der Waals surface area contributed by atoms with Crippen LogP contribution in [0.2, 0.25) is 0 Å². The lowest BCUT2D eigenvalue weighted by Gasteiger charge is -2.49. The van der Waals surface area contributed by atoms with Crippen LogP contribution in [-0.4, -0.2) is 52.4 Å². The van der Waals surface area contributed by atoms with E-state index in [1.807, 2.05) is 0 Å². The highest BCUT2D eigenvalue weighted by Crippen LogP contribution is 2.42. The van der Waals surface area contributed by atoms with E-state index in [1.165, 1.54) is 45.2 Å². The molecule has 3 nitrogen and oxygen atoms in total. The third kappa shape index (κ3) is 3.70. The summed E-state index contributed by atoms with van der Waals surface area (Å²) in [5.41, 5.74) is 0. The molecule has 0 spiro atoms. The van der Waals surface area contributed by atoms with Crippen molar-refractivity contribution in [1.82, 2.24) is 10.2 Å². The molecule has 3 rings (SSSR count). The topological polar surface area (TPSA) is 32.3 Å². The van der Waals surface area contributed by atoms with E-state index in [4.69, 9.17) is 0 Å². The zero-order valence-electron chi connectivity index (χ0n) is 14.2. The van der Waals surface area contributed by atoms with Gasteiger partial charge in [-0.15, -0.1) is 0 Å². The van der Waals surface area contributed by atoms with Crippen LogP contribution in [0.4, 0.5) is 0 Å². The summed E-state index contributed by atoms with van der Waals surface area (Å²) in [6, 6.07) is 2.06. The van der Waals surface area contributed by atoms with Crippen LogP contribution in [0.3, 0.4) is 0 Å². The van der Waals surface area contributed by atoms with E-state index >= 15 is 0 Å². The maximum absolute atomic E-state index is 11.8. The summed E-state index contributed by atoms with van der Waals surface area (Å²) in [5, 5.41) is 5.18. The van der Waals surface area contributed by atoms with Gasteiger partial charge in [-0.1, -0.05) is 13.8 Å². The van der Waals surface area contributed by atoms with Crippen molar-refractivity contribution >= 4 is 17.5 Å². The molecule has 22 heavy (non-hydrogen) atoms. The van der Waals surface area contributed by atoms with Gasteiger partial charge in [-0.3, -0.25) is 4.79 Å². The fraction of sp³-hybridized carbons (Fsp3) is 0.944. The van der Waals surface area contributed by atoms with Gasteiger partial charge in [0.1, 0.15) is 5.78 Å². The molecule has 0 radical (unpaired) electrons. The zero-order valence-corrected chi connectivity index (χ0v) is 15.0. The quantitative estimate of drug-likeness (QED) is 0.841. The summed E-state index contributed by atoms with van der Waals surface area (Å²) in [4.78, 5) is 14.5. The second-order valence-electron chi connectivity index (χ2n) is 7.38. The molecule has 2 saturated carbocycles. The highest BCUT2D eigenvalue weighted by atomic mass is 32.2. The number of ketones is 1. The Morgan fingerprint density at radius 3 is 2.55 bits per heavy atom. The average molecular weight is 325 g/mol. The van der Waals surface area contributed by atoms with Crippen LogP contribution < -0.4 is 5.32 Å². The van der Waals surface area contributed by atoms with Crippen LogP contribution in [0.25, 0.3) is 0 Å². The van der Waals surface area contributed by atoms with Crippen molar-refractivity contribution < 1.29 is 4.79 Å². The Kier molecular flexibility index (Phi) is 5.85. The molecule has 5 unspecified atom stereocenters. The van der Waals surface area contributed by atoms with Gasteiger partial charge in [0.05, 0.1) is 0 Å². The van der Waals surface area contributed by atoms with E-state index in [2.05, 4.69) is 35.8 Å². The van der Waals surface area contributed by atoms with E-state index in [0.717, 1.165) is 30.6 Å². The maximum atomic E-state index is 11.8. The van der Waals surface area contributed by atoms with Crippen LogP contribution in [0.15, 0.2) is 0 Å². The number of hydrogen-bond donors (Lipinski definition) is 1. The Morgan fingerprint density at radius 1 is 1.09 bits per heavy atom. The van der Waals surface area contributed by atoms with Gasteiger partial charge in [0.25, 0.3) is 0 Å². The lowest BCUT2D eigenvalue weighted by Crippen LogP contribution is -2.59. The number of rotatable bonds is 5. The number of carbonyl (C=O) groups is 1. The van der Waals surface area contributed by atoms with Crippen molar-refractivity contribution in [3.8, 4) is 0 Å². The molecule has 1 saturated heterocycles. The molecule has 3 fully saturated rings. The standard InChI is InChI=1S/C18H32N2OS/c1-3-9-20(10-4-2)13-5-7-15-17(11-13)22-18-12-14(21)6-8-16(18)19-15/h13,15-19H,3-12H2,1-2H3.